The normalized spacial score (nSPS) is 13.6. The Kier molecular flexibility index (Phi) is 6.65. The Morgan fingerprint density at radius 3 is 2.35 bits per heavy atom. The molecule has 1 amide bonds. The molecule has 190 valence electrons. The van der Waals surface area contributed by atoms with Crippen LogP contribution in [0.15, 0.2) is 60.9 Å². The lowest BCUT2D eigenvalue weighted by molar-refractivity contribution is -0.129. The molecule has 0 unspecified atom stereocenters. The number of carbonyl (C=O) groups excluding carboxylic acids is 1. The highest BCUT2D eigenvalue weighted by molar-refractivity contribution is 6.03. The van der Waals surface area contributed by atoms with E-state index in [9.17, 15) is 4.79 Å². The van der Waals surface area contributed by atoms with E-state index < -0.39 is 0 Å². The number of fused-ring (bicyclic) bond motifs is 2. The van der Waals surface area contributed by atoms with E-state index in [-0.39, 0.29) is 5.91 Å². The number of pyridine rings is 1. The molecule has 3 aromatic heterocycles. The molecule has 8 heteroatoms. The highest BCUT2D eigenvalue weighted by Crippen LogP contribution is 2.35. The number of hydrogen-bond donors (Lipinski definition) is 0. The molecule has 1 fully saturated rings. The van der Waals surface area contributed by atoms with E-state index >= 15 is 0 Å². The second-order valence-electron chi connectivity index (χ2n) is 9.14. The Morgan fingerprint density at radius 2 is 1.65 bits per heavy atom. The molecule has 0 bridgehead atoms. The Bertz CT molecular complexity index is 1560. The number of aryl methyl sites for hydroxylation is 2. The summed E-state index contributed by atoms with van der Waals surface area (Å²) in [5.41, 5.74) is 6.11. The second-order valence-corrected chi connectivity index (χ2v) is 9.14. The monoisotopic (exact) mass is 495 g/mol. The maximum atomic E-state index is 11.6. The van der Waals surface area contributed by atoms with Crippen LogP contribution in [0.1, 0.15) is 26.3 Å². The fourth-order valence-electron chi connectivity index (χ4n) is 5.03. The number of anilines is 1. The van der Waals surface area contributed by atoms with Gasteiger partial charge in [0.05, 0.1) is 22.9 Å². The minimum absolute atomic E-state index is 0.131. The van der Waals surface area contributed by atoms with Crippen molar-refractivity contribution >= 4 is 33.5 Å². The molecule has 0 spiro atoms. The van der Waals surface area contributed by atoms with Crippen molar-refractivity contribution in [2.75, 3.05) is 31.1 Å². The Labute approximate surface area is 217 Å². The lowest BCUT2D eigenvalue weighted by Crippen LogP contribution is -2.48. The van der Waals surface area contributed by atoms with Crippen LogP contribution in [0.25, 0.3) is 38.8 Å². The highest BCUT2D eigenvalue weighted by Gasteiger charge is 2.21. The predicted molar refractivity (Wildman–Crippen MR) is 149 cm³/mol. The van der Waals surface area contributed by atoms with Gasteiger partial charge in [-0.2, -0.15) is 10.2 Å². The Balaban J connectivity index is 0.00000137. The topological polar surface area (TPSA) is 72.1 Å². The summed E-state index contributed by atoms with van der Waals surface area (Å²) in [6, 6.07) is 16.6. The number of amides is 1. The summed E-state index contributed by atoms with van der Waals surface area (Å²) in [6.45, 7) is 10.8. The number of nitrogens with zero attached hydrogens (tertiary/aromatic N) is 7. The molecule has 1 aliphatic heterocycles. The molecule has 37 heavy (non-hydrogen) atoms. The van der Waals surface area contributed by atoms with E-state index in [1.54, 1.807) is 6.92 Å². The molecule has 8 nitrogen and oxygen atoms in total. The largest absolute Gasteiger partial charge is 0.353 e. The minimum Gasteiger partial charge on any atom is -0.353 e. The fourth-order valence-corrected chi connectivity index (χ4v) is 5.03. The van der Waals surface area contributed by atoms with E-state index in [1.807, 2.05) is 65.8 Å². The molecule has 6 rings (SSSR count). The first-order chi connectivity index (χ1) is 18.0. The number of hydrogen-bond acceptors (Lipinski definition) is 5. The first kappa shape index (κ1) is 24.5. The molecule has 0 saturated carbocycles. The number of piperazine rings is 1. The summed E-state index contributed by atoms with van der Waals surface area (Å²) < 4.78 is 3.84. The zero-order chi connectivity index (χ0) is 26.1. The van der Waals surface area contributed by atoms with Crippen LogP contribution in [-0.4, -0.2) is 61.5 Å². The smallest absolute Gasteiger partial charge is 0.219 e. The first-order valence-corrected chi connectivity index (χ1v) is 12.9. The first-order valence-electron chi connectivity index (χ1n) is 12.9. The van der Waals surface area contributed by atoms with Gasteiger partial charge in [0.25, 0.3) is 0 Å². The molecule has 2 aromatic carbocycles. The molecule has 0 aliphatic carbocycles. The van der Waals surface area contributed by atoms with Crippen molar-refractivity contribution in [1.29, 1.82) is 0 Å². The number of carbonyl (C=O) groups is 1. The maximum Gasteiger partial charge on any atom is 0.219 e. The number of para-hydroxylation sites is 1. The summed E-state index contributed by atoms with van der Waals surface area (Å²) in [7, 11) is 1.94. The zero-order valence-corrected chi connectivity index (χ0v) is 22.1. The quantitative estimate of drug-likeness (QED) is 0.353. The van der Waals surface area contributed by atoms with Crippen LogP contribution in [0.4, 0.5) is 5.82 Å². The number of rotatable bonds is 3. The van der Waals surface area contributed by atoms with Gasteiger partial charge in [-0.3, -0.25) is 9.48 Å². The van der Waals surface area contributed by atoms with Gasteiger partial charge < -0.3 is 9.80 Å². The van der Waals surface area contributed by atoms with Gasteiger partial charge in [0.15, 0.2) is 0 Å². The number of aromatic nitrogens is 5. The van der Waals surface area contributed by atoms with Crippen molar-refractivity contribution in [3.05, 3.63) is 66.5 Å². The average molecular weight is 496 g/mol. The molecule has 0 atom stereocenters. The third kappa shape index (κ3) is 4.43. The summed E-state index contributed by atoms with van der Waals surface area (Å²) >= 11 is 0. The van der Waals surface area contributed by atoms with Gasteiger partial charge in [0.2, 0.25) is 5.91 Å². The van der Waals surface area contributed by atoms with Crippen LogP contribution >= 0.6 is 0 Å². The molecular formula is C29H33N7O. The van der Waals surface area contributed by atoms with Gasteiger partial charge in [-0.1, -0.05) is 44.2 Å². The van der Waals surface area contributed by atoms with Crippen molar-refractivity contribution < 1.29 is 4.79 Å². The molecule has 0 N–H and O–H groups in total. The van der Waals surface area contributed by atoms with Crippen LogP contribution in [0.3, 0.4) is 0 Å². The number of benzene rings is 2. The van der Waals surface area contributed by atoms with Crippen LogP contribution in [0.5, 0.6) is 0 Å². The maximum absolute atomic E-state index is 11.6. The van der Waals surface area contributed by atoms with E-state index in [0.29, 0.717) is 0 Å². The Hall–Kier alpha value is -4.20. The third-order valence-electron chi connectivity index (χ3n) is 6.85. The molecule has 0 radical (unpaired) electrons. The van der Waals surface area contributed by atoms with Crippen molar-refractivity contribution in [3.63, 3.8) is 0 Å². The molecule has 5 aromatic rings. The SMILES string of the molecule is CC.CC(=O)N1CCN(c2ccc(-n3nc(-c4cccc5nn(C)cc45)c4cccc(C)c43)cn2)CC1. The van der Waals surface area contributed by atoms with Crippen molar-refractivity contribution in [3.8, 4) is 16.9 Å². The highest BCUT2D eigenvalue weighted by atomic mass is 16.2. The van der Waals surface area contributed by atoms with E-state index in [4.69, 9.17) is 10.1 Å². The van der Waals surface area contributed by atoms with Gasteiger partial charge >= 0.3 is 0 Å². The van der Waals surface area contributed by atoms with Crippen molar-refractivity contribution in [2.24, 2.45) is 7.05 Å². The van der Waals surface area contributed by atoms with Crippen molar-refractivity contribution in [1.82, 2.24) is 29.4 Å². The van der Waals surface area contributed by atoms with Gasteiger partial charge in [-0.25, -0.2) is 9.67 Å². The molecule has 4 heterocycles. The predicted octanol–water partition coefficient (Wildman–Crippen LogP) is 4.98. The van der Waals surface area contributed by atoms with Crippen LogP contribution in [0.2, 0.25) is 0 Å². The lowest BCUT2D eigenvalue weighted by Gasteiger charge is -2.34. The van der Waals surface area contributed by atoms with E-state index in [2.05, 4.69) is 47.3 Å². The average Bonchev–Trinajstić information content (AvgIpc) is 3.51. The Morgan fingerprint density at radius 1 is 0.892 bits per heavy atom. The third-order valence-corrected chi connectivity index (χ3v) is 6.85. The minimum atomic E-state index is 0.131. The zero-order valence-electron chi connectivity index (χ0n) is 22.1. The van der Waals surface area contributed by atoms with Gasteiger partial charge in [-0.05, 0) is 30.7 Å². The van der Waals surface area contributed by atoms with E-state index in [1.165, 1.54) is 0 Å². The van der Waals surface area contributed by atoms with Crippen LogP contribution in [0, 0.1) is 6.92 Å². The van der Waals surface area contributed by atoms with Crippen molar-refractivity contribution in [2.45, 2.75) is 27.7 Å². The summed E-state index contributed by atoms with van der Waals surface area (Å²) in [5.74, 6) is 1.05. The molecule has 1 saturated heterocycles. The van der Waals surface area contributed by atoms with Crippen LogP contribution in [-0.2, 0) is 11.8 Å². The van der Waals surface area contributed by atoms with Gasteiger partial charge in [0, 0.05) is 62.7 Å². The summed E-state index contributed by atoms with van der Waals surface area (Å²) in [4.78, 5) is 20.5. The van der Waals surface area contributed by atoms with Gasteiger partial charge in [-0.15, -0.1) is 0 Å². The lowest BCUT2D eigenvalue weighted by atomic mass is 10.0. The summed E-state index contributed by atoms with van der Waals surface area (Å²) in [5, 5.41) is 11.9. The van der Waals surface area contributed by atoms with Gasteiger partial charge in [0.1, 0.15) is 11.5 Å². The molecule has 1 aliphatic rings. The fraction of sp³-hybridized carbons (Fsp3) is 0.310. The second kappa shape index (κ2) is 10.0. The van der Waals surface area contributed by atoms with Crippen LogP contribution < -0.4 is 4.90 Å². The molecular weight excluding hydrogens is 462 g/mol. The summed E-state index contributed by atoms with van der Waals surface area (Å²) in [6.07, 6.45) is 3.94. The standard InChI is InChI=1S/C27H27N7O.C2H6/c1-18-6-4-8-22-26(21-7-5-9-24-23(21)17-31(3)29-24)30-34(27(18)22)20-10-11-25(28-16-20)33-14-12-32(13-15-33)19(2)35;1-2/h4-11,16-17H,12-15H2,1-3H3;1-2H3. The van der Waals surface area contributed by atoms with E-state index in [0.717, 1.165) is 76.3 Å².